The molecular formula is C9H12N2O2. The zero-order chi connectivity index (χ0) is 9.84. The minimum absolute atomic E-state index is 0.235. The van der Waals surface area contributed by atoms with Gasteiger partial charge in [-0.1, -0.05) is 12.1 Å². The molecule has 0 aliphatic heterocycles. The van der Waals surface area contributed by atoms with Crippen molar-refractivity contribution >= 4 is 11.8 Å². The molecular weight excluding hydrogens is 168 g/mol. The van der Waals surface area contributed by atoms with Gasteiger partial charge >= 0.3 is 6.09 Å². The van der Waals surface area contributed by atoms with Crippen LogP contribution in [0.25, 0.3) is 0 Å². The van der Waals surface area contributed by atoms with E-state index in [2.05, 4.69) is 5.32 Å². The summed E-state index contributed by atoms with van der Waals surface area (Å²) in [7, 11) is 0. The summed E-state index contributed by atoms with van der Waals surface area (Å²) in [6.07, 6.45) is -1.03. The number of carbonyl (C=O) groups is 1. The lowest BCUT2D eigenvalue weighted by Gasteiger charge is -2.11. The Morgan fingerprint density at radius 3 is 2.85 bits per heavy atom. The van der Waals surface area contributed by atoms with Crippen LogP contribution in [0, 0.1) is 0 Å². The molecule has 0 aliphatic carbocycles. The van der Waals surface area contributed by atoms with E-state index in [1.54, 1.807) is 25.1 Å². The lowest BCUT2D eigenvalue weighted by atomic mass is 10.1. The number of rotatable bonds is 2. The van der Waals surface area contributed by atoms with E-state index in [-0.39, 0.29) is 6.04 Å². The summed E-state index contributed by atoms with van der Waals surface area (Å²) in [5.74, 6) is 0. The number of nitrogens with two attached hydrogens (primary N) is 1. The minimum Gasteiger partial charge on any atom is -0.465 e. The molecule has 70 valence electrons. The van der Waals surface area contributed by atoms with E-state index in [9.17, 15) is 4.79 Å². The summed E-state index contributed by atoms with van der Waals surface area (Å²) in [6, 6.07) is 6.90. The largest absolute Gasteiger partial charge is 0.465 e. The zero-order valence-electron chi connectivity index (χ0n) is 7.32. The van der Waals surface area contributed by atoms with Gasteiger partial charge in [0, 0.05) is 5.69 Å². The van der Waals surface area contributed by atoms with Gasteiger partial charge in [-0.25, -0.2) is 4.79 Å². The molecule has 4 N–H and O–H groups in total. The summed E-state index contributed by atoms with van der Waals surface area (Å²) in [4.78, 5) is 10.3. The van der Waals surface area contributed by atoms with Crippen molar-refractivity contribution < 1.29 is 9.90 Å². The van der Waals surface area contributed by atoms with Crippen LogP contribution in [-0.4, -0.2) is 11.2 Å². The van der Waals surface area contributed by atoms with E-state index in [0.717, 1.165) is 5.56 Å². The van der Waals surface area contributed by atoms with E-state index in [0.29, 0.717) is 5.69 Å². The monoisotopic (exact) mass is 180 g/mol. The van der Waals surface area contributed by atoms with E-state index >= 15 is 0 Å². The van der Waals surface area contributed by atoms with Crippen LogP contribution in [0.15, 0.2) is 24.3 Å². The third-order valence-corrected chi connectivity index (χ3v) is 1.75. The molecule has 1 aromatic rings. The van der Waals surface area contributed by atoms with Gasteiger partial charge in [-0.05, 0) is 24.6 Å². The van der Waals surface area contributed by atoms with E-state index in [4.69, 9.17) is 10.8 Å². The van der Waals surface area contributed by atoms with Gasteiger partial charge in [0.1, 0.15) is 0 Å². The van der Waals surface area contributed by atoms with Crippen LogP contribution in [0.1, 0.15) is 18.5 Å². The second kappa shape index (κ2) is 3.80. The van der Waals surface area contributed by atoms with Crippen LogP contribution >= 0.6 is 0 Å². The molecule has 4 nitrogen and oxygen atoms in total. The highest BCUT2D eigenvalue weighted by Gasteiger charge is 2.07. The van der Waals surface area contributed by atoms with Gasteiger partial charge in [0.25, 0.3) is 0 Å². The number of nitrogens with one attached hydrogen (secondary N) is 1. The number of nitrogen functional groups attached to an aromatic ring is 1. The van der Waals surface area contributed by atoms with Crippen molar-refractivity contribution in [2.45, 2.75) is 13.0 Å². The standard InChI is InChI=1S/C9H12N2O2/c1-6(11-9(12)13)7-3-2-4-8(10)5-7/h2-6,11H,10H2,1H3,(H,12,13)/t6-/m0/s1. The molecule has 0 saturated heterocycles. The van der Waals surface area contributed by atoms with Gasteiger partial charge in [0.05, 0.1) is 6.04 Å². The summed E-state index contributed by atoms with van der Waals surface area (Å²) in [6.45, 7) is 1.77. The second-order valence-electron chi connectivity index (χ2n) is 2.84. The Balaban J connectivity index is 2.76. The van der Waals surface area contributed by atoms with Crippen LogP contribution in [0.3, 0.4) is 0 Å². The second-order valence-corrected chi connectivity index (χ2v) is 2.84. The van der Waals surface area contributed by atoms with E-state index in [1.807, 2.05) is 6.07 Å². The first kappa shape index (κ1) is 9.38. The molecule has 1 aromatic carbocycles. The first-order valence-corrected chi connectivity index (χ1v) is 3.94. The molecule has 1 atom stereocenters. The molecule has 0 heterocycles. The number of anilines is 1. The highest BCUT2D eigenvalue weighted by molar-refractivity contribution is 5.65. The number of hydrogen-bond donors (Lipinski definition) is 3. The summed E-state index contributed by atoms with van der Waals surface area (Å²) in [5, 5.41) is 10.8. The molecule has 0 radical (unpaired) electrons. The smallest absolute Gasteiger partial charge is 0.405 e. The molecule has 0 fully saturated rings. The third-order valence-electron chi connectivity index (χ3n) is 1.75. The highest BCUT2D eigenvalue weighted by atomic mass is 16.4. The van der Waals surface area contributed by atoms with Crippen molar-refractivity contribution in [1.29, 1.82) is 0 Å². The molecule has 1 rings (SSSR count). The zero-order valence-corrected chi connectivity index (χ0v) is 7.32. The molecule has 4 heteroatoms. The topological polar surface area (TPSA) is 75.3 Å². The lowest BCUT2D eigenvalue weighted by molar-refractivity contribution is 0.191. The van der Waals surface area contributed by atoms with Crippen LogP contribution in [-0.2, 0) is 0 Å². The van der Waals surface area contributed by atoms with Crippen LogP contribution in [0.2, 0.25) is 0 Å². The quantitative estimate of drug-likeness (QED) is 0.605. The van der Waals surface area contributed by atoms with Crippen LogP contribution < -0.4 is 11.1 Å². The van der Waals surface area contributed by atoms with Crippen LogP contribution in [0.4, 0.5) is 10.5 Å². The van der Waals surface area contributed by atoms with Crippen molar-refractivity contribution in [3.8, 4) is 0 Å². The third kappa shape index (κ3) is 2.66. The predicted molar refractivity (Wildman–Crippen MR) is 50.4 cm³/mol. The molecule has 13 heavy (non-hydrogen) atoms. The van der Waals surface area contributed by atoms with Crippen molar-refractivity contribution in [2.75, 3.05) is 5.73 Å². The van der Waals surface area contributed by atoms with Gasteiger partial charge in [-0.15, -0.1) is 0 Å². The van der Waals surface area contributed by atoms with Gasteiger partial charge in [0.2, 0.25) is 0 Å². The van der Waals surface area contributed by atoms with Gasteiger partial charge in [-0.2, -0.15) is 0 Å². The Hall–Kier alpha value is -1.71. The summed E-state index contributed by atoms with van der Waals surface area (Å²) < 4.78 is 0. The van der Waals surface area contributed by atoms with Gasteiger partial charge in [0.15, 0.2) is 0 Å². The molecule has 0 bridgehead atoms. The first-order chi connectivity index (χ1) is 6.09. The Kier molecular flexibility index (Phi) is 2.74. The summed E-state index contributed by atoms with van der Waals surface area (Å²) >= 11 is 0. The maximum Gasteiger partial charge on any atom is 0.405 e. The average molecular weight is 180 g/mol. The lowest BCUT2D eigenvalue weighted by Crippen LogP contribution is -2.24. The average Bonchev–Trinajstić information content (AvgIpc) is 2.03. The highest BCUT2D eigenvalue weighted by Crippen LogP contribution is 2.14. The molecule has 0 unspecified atom stereocenters. The Morgan fingerprint density at radius 1 is 1.62 bits per heavy atom. The Morgan fingerprint density at radius 2 is 2.31 bits per heavy atom. The number of hydrogen-bond acceptors (Lipinski definition) is 2. The fourth-order valence-electron chi connectivity index (χ4n) is 1.10. The van der Waals surface area contributed by atoms with Crippen molar-refractivity contribution in [2.24, 2.45) is 0 Å². The fraction of sp³-hybridized carbons (Fsp3) is 0.222. The fourth-order valence-corrected chi connectivity index (χ4v) is 1.10. The van der Waals surface area contributed by atoms with Crippen molar-refractivity contribution in [3.05, 3.63) is 29.8 Å². The Bertz CT molecular complexity index is 312. The molecule has 0 aliphatic rings. The molecule has 0 saturated carbocycles. The van der Waals surface area contributed by atoms with E-state index < -0.39 is 6.09 Å². The molecule has 1 amide bonds. The van der Waals surface area contributed by atoms with Crippen LogP contribution in [0.5, 0.6) is 0 Å². The van der Waals surface area contributed by atoms with Crippen molar-refractivity contribution in [1.82, 2.24) is 5.32 Å². The minimum atomic E-state index is -1.03. The maximum atomic E-state index is 10.3. The molecule has 0 spiro atoms. The number of amides is 1. The van der Waals surface area contributed by atoms with Gasteiger partial charge < -0.3 is 16.2 Å². The van der Waals surface area contributed by atoms with Gasteiger partial charge in [-0.3, -0.25) is 0 Å². The SMILES string of the molecule is C[C@H](NC(=O)O)c1cccc(N)c1. The molecule has 0 aromatic heterocycles. The Labute approximate surface area is 76.4 Å². The predicted octanol–water partition coefficient (Wildman–Crippen LogP) is 1.60. The van der Waals surface area contributed by atoms with Crippen molar-refractivity contribution in [3.63, 3.8) is 0 Å². The normalized spacial score (nSPS) is 12.1. The van der Waals surface area contributed by atoms with E-state index in [1.165, 1.54) is 0 Å². The summed E-state index contributed by atoms with van der Waals surface area (Å²) in [5.41, 5.74) is 7.05. The number of carboxylic acid groups (broad SMARTS) is 1. The maximum absolute atomic E-state index is 10.3. The first-order valence-electron chi connectivity index (χ1n) is 3.94. The number of benzene rings is 1.